The number of esters is 1. The largest absolute Gasteiger partial charge is 0.452 e. The highest BCUT2D eigenvalue weighted by Gasteiger charge is 2.10. The summed E-state index contributed by atoms with van der Waals surface area (Å²) in [6.45, 7) is 1.55. The van der Waals surface area contributed by atoms with Crippen LogP contribution in [0.1, 0.15) is 21.5 Å². The molecule has 1 amide bonds. The van der Waals surface area contributed by atoms with E-state index in [1.54, 1.807) is 6.07 Å². The van der Waals surface area contributed by atoms with Crippen molar-refractivity contribution >= 4 is 17.6 Å². The summed E-state index contributed by atoms with van der Waals surface area (Å²) in [6, 6.07) is 15.3. The molecule has 0 radical (unpaired) electrons. The molecule has 0 saturated carbocycles. The molecule has 22 heavy (non-hydrogen) atoms. The van der Waals surface area contributed by atoms with Crippen molar-refractivity contribution in [2.75, 3.05) is 11.9 Å². The van der Waals surface area contributed by atoms with Gasteiger partial charge in [0.15, 0.2) is 6.61 Å². The minimum Gasteiger partial charge on any atom is -0.452 e. The average molecular weight is 294 g/mol. The number of carbonyl (C=O) groups excluding carboxylic acids is 2. The number of benzene rings is 2. The van der Waals surface area contributed by atoms with Gasteiger partial charge in [0, 0.05) is 5.69 Å². The van der Waals surface area contributed by atoms with Gasteiger partial charge >= 0.3 is 5.97 Å². The Labute approximate surface area is 128 Å². The number of anilines is 1. The number of carbonyl (C=O) groups is 2. The van der Waals surface area contributed by atoms with Crippen LogP contribution in [-0.2, 0) is 9.53 Å². The van der Waals surface area contributed by atoms with Crippen LogP contribution in [0.4, 0.5) is 5.69 Å². The summed E-state index contributed by atoms with van der Waals surface area (Å²) < 4.78 is 4.93. The molecule has 0 heterocycles. The third-order valence-electron chi connectivity index (χ3n) is 2.89. The molecule has 2 aromatic carbocycles. The Morgan fingerprint density at radius 1 is 1.18 bits per heavy atom. The highest BCUT2D eigenvalue weighted by molar-refractivity contribution is 5.95. The lowest BCUT2D eigenvalue weighted by atomic mass is 10.1. The second-order valence-corrected chi connectivity index (χ2v) is 4.68. The molecule has 0 aliphatic heterocycles. The molecule has 0 saturated heterocycles. The molecule has 0 unspecified atom stereocenters. The summed E-state index contributed by atoms with van der Waals surface area (Å²) in [6.07, 6.45) is 0. The highest BCUT2D eigenvalue weighted by atomic mass is 16.5. The first-order valence-electron chi connectivity index (χ1n) is 6.62. The third kappa shape index (κ3) is 4.18. The van der Waals surface area contributed by atoms with E-state index in [4.69, 9.17) is 10.00 Å². The van der Waals surface area contributed by atoms with Gasteiger partial charge in [-0.2, -0.15) is 5.26 Å². The maximum atomic E-state index is 11.8. The van der Waals surface area contributed by atoms with Crippen LogP contribution in [-0.4, -0.2) is 18.5 Å². The van der Waals surface area contributed by atoms with Gasteiger partial charge in [0.2, 0.25) is 0 Å². The van der Waals surface area contributed by atoms with Gasteiger partial charge in [-0.1, -0.05) is 12.1 Å². The number of nitrogens with zero attached hydrogens (tertiary/aromatic N) is 1. The van der Waals surface area contributed by atoms with Gasteiger partial charge in [-0.3, -0.25) is 4.79 Å². The Morgan fingerprint density at radius 2 is 1.91 bits per heavy atom. The fourth-order valence-electron chi connectivity index (χ4n) is 1.82. The van der Waals surface area contributed by atoms with Gasteiger partial charge < -0.3 is 10.1 Å². The van der Waals surface area contributed by atoms with Crippen molar-refractivity contribution in [3.8, 4) is 6.07 Å². The smallest absolute Gasteiger partial charge is 0.338 e. The monoisotopic (exact) mass is 294 g/mol. The molecule has 0 spiro atoms. The fourth-order valence-corrected chi connectivity index (χ4v) is 1.82. The minimum absolute atomic E-state index is 0.294. The first kappa shape index (κ1) is 15.3. The van der Waals surface area contributed by atoms with Crippen LogP contribution in [0.15, 0.2) is 48.5 Å². The predicted molar refractivity (Wildman–Crippen MR) is 81.2 cm³/mol. The zero-order valence-corrected chi connectivity index (χ0v) is 12.0. The summed E-state index contributed by atoms with van der Waals surface area (Å²) in [4.78, 5) is 23.5. The predicted octanol–water partition coefficient (Wildman–Crippen LogP) is 2.66. The molecule has 5 heteroatoms. The first-order chi connectivity index (χ1) is 10.6. The van der Waals surface area contributed by atoms with Crippen molar-refractivity contribution in [3.63, 3.8) is 0 Å². The molecule has 0 aliphatic rings. The molecule has 2 aromatic rings. The van der Waals surface area contributed by atoms with Crippen molar-refractivity contribution in [1.29, 1.82) is 5.26 Å². The lowest BCUT2D eigenvalue weighted by Gasteiger charge is -2.07. The molecule has 0 aromatic heterocycles. The Balaban J connectivity index is 1.87. The molecular formula is C17H14N2O3. The number of nitrogens with one attached hydrogen (secondary N) is 1. The van der Waals surface area contributed by atoms with Crippen LogP contribution < -0.4 is 5.32 Å². The number of amides is 1. The summed E-state index contributed by atoms with van der Waals surface area (Å²) >= 11 is 0. The van der Waals surface area contributed by atoms with E-state index < -0.39 is 11.9 Å². The molecule has 0 bridgehead atoms. The molecule has 2 rings (SSSR count). The van der Waals surface area contributed by atoms with Crippen molar-refractivity contribution < 1.29 is 14.3 Å². The van der Waals surface area contributed by atoms with E-state index in [1.165, 1.54) is 24.3 Å². The average Bonchev–Trinajstić information content (AvgIpc) is 2.52. The zero-order valence-electron chi connectivity index (χ0n) is 12.0. The SMILES string of the molecule is Cc1cccc(NC(=O)COC(=O)c2ccc(C#N)cc2)c1. The van der Waals surface area contributed by atoms with Gasteiger partial charge in [0.1, 0.15) is 0 Å². The number of ether oxygens (including phenoxy) is 1. The minimum atomic E-state index is -0.608. The lowest BCUT2D eigenvalue weighted by molar-refractivity contribution is -0.119. The number of rotatable bonds is 4. The number of hydrogen-bond donors (Lipinski definition) is 1. The summed E-state index contributed by atoms with van der Waals surface area (Å²) in [7, 11) is 0. The molecular weight excluding hydrogens is 280 g/mol. The maximum absolute atomic E-state index is 11.8. The van der Waals surface area contributed by atoms with E-state index in [9.17, 15) is 9.59 Å². The normalized spacial score (nSPS) is 9.64. The van der Waals surface area contributed by atoms with Crippen LogP contribution in [0.5, 0.6) is 0 Å². The summed E-state index contributed by atoms with van der Waals surface area (Å²) in [5.41, 5.74) is 2.42. The van der Waals surface area contributed by atoms with E-state index in [0.717, 1.165) is 5.56 Å². The quantitative estimate of drug-likeness (QED) is 0.879. The summed E-state index contributed by atoms with van der Waals surface area (Å²) in [5.74, 6) is -1.02. The first-order valence-corrected chi connectivity index (χ1v) is 6.62. The van der Waals surface area contributed by atoms with Gasteiger partial charge in [-0.25, -0.2) is 4.79 Å². The van der Waals surface area contributed by atoms with E-state index in [2.05, 4.69) is 5.32 Å². The van der Waals surface area contributed by atoms with Crippen LogP contribution in [0.3, 0.4) is 0 Å². The third-order valence-corrected chi connectivity index (χ3v) is 2.89. The topological polar surface area (TPSA) is 79.2 Å². The van der Waals surface area contributed by atoms with Crippen molar-refractivity contribution in [2.24, 2.45) is 0 Å². The van der Waals surface area contributed by atoms with E-state index in [-0.39, 0.29) is 6.61 Å². The Hall–Kier alpha value is -3.13. The van der Waals surface area contributed by atoms with Crippen molar-refractivity contribution in [3.05, 3.63) is 65.2 Å². The highest BCUT2D eigenvalue weighted by Crippen LogP contribution is 2.09. The van der Waals surface area contributed by atoms with Crippen LogP contribution >= 0.6 is 0 Å². The number of hydrogen-bond acceptors (Lipinski definition) is 4. The molecule has 0 fully saturated rings. The maximum Gasteiger partial charge on any atom is 0.338 e. The second kappa shape index (κ2) is 7.04. The van der Waals surface area contributed by atoms with E-state index in [0.29, 0.717) is 16.8 Å². The Morgan fingerprint density at radius 3 is 2.55 bits per heavy atom. The van der Waals surface area contributed by atoms with Crippen molar-refractivity contribution in [1.82, 2.24) is 0 Å². The lowest BCUT2D eigenvalue weighted by Crippen LogP contribution is -2.20. The molecule has 0 aliphatic carbocycles. The molecule has 5 nitrogen and oxygen atoms in total. The van der Waals surface area contributed by atoms with Crippen LogP contribution in [0.25, 0.3) is 0 Å². The van der Waals surface area contributed by atoms with E-state index in [1.807, 2.05) is 31.2 Å². The standard InChI is InChI=1S/C17H14N2O3/c1-12-3-2-4-15(9-12)19-16(20)11-22-17(21)14-7-5-13(10-18)6-8-14/h2-9H,11H2,1H3,(H,19,20). The van der Waals surface area contributed by atoms with Gasteiger partial charge in [0.25, 0.3) is 5.91 Å². The van der Waals surface area contributed by atoms with E-state index >= 15 is 0 Å². The molecule has 1 N–H and O–H groups in total. The second-order valence-electron chi connectivity index (χ2n) is 4.68. The number of nitriles is 1. The van der Waals surface area contributed by atoms with Gasteiger partial charge in [-0.15, -0.1) is 0 Å². The van der Waals surface area contributed by atoms with Gasteiger partial charge in [-0.05, 0) is 48.9 Å². The fraction of sp³-hybridized carbons (Fsp3) is 0.118. The Kier molecular flexibility index (Phi) is 4.89. The van der Waals surface area contributed by atoms with Gasteiger partial charge in [0.05, 0.1) is 17.2 Å². The zero-order chi connectivity index (χ0) is 15.9. The van der Waals surface area contributed by atoms with Crippen molar-refractivity contribution in [2.45, 2.75) is 6.92 Å². The Bertz CT molecular complexity index is 730. The molecule has 0 atom stereocenters. The van der Waals surface area contributed by atoms with Crippen LogP contribution in [0, 0.1) is 18.3 Å². The molecule has 110 valence electrons. The number of aryl methyl sites for hydroxylation is 1. The van der Waals surface area contributed by atoms with Crippen LogP contribution in [0.2, 0.25) is 0 Å². The summed E-state index contributed by atoms with van der Waals surface area (Å²) in [5, 5.41) is 11.3.